The molecule has 3 aromatic rings. The second-order valence-electron chi connectivity index (χ2n) is 7.56. The second kappa shape index (κ2) is 11.4. The Morgan fingerprint density at radius 2 is 1.75 bits per heavy atom. The number of carbonyl (C=O) groups excluding carboxylic acids is 1. The van der Waals surface area contributed by atoms with Crippen LogP contribution in [0.1, 0.15) is 18.1 Å². The Balaban J connectivity index is 1.52. The summed E-state index contributed by atoms with van der Waals surface area (Å²) in [5, 5.41) is 11.3. The number of nitro benzene ring substituents is 1. The van der Waals surface area contributed by atoms with Crippen LogP contribution in [-0.4, -0.2) is 27.4 Å². The van der Waals surface area contributed by atoms with E-state index in [2.05, 4.69) is 36.9 Å². The van der Waals surface area contributed by atoms with Crippen LogP contribution in [0.3, 0.4) is 0 Å². The Morgan fingerprint density at radius 3 is 2.33 bits per heavy atom. The van der Waals surface area contributed by atoms with E-state index < -0.39 is 4.92 Å². The van der Waals surface area contributed by atoms with Gasteiger partial charge in [-0.05, 0) is 116 Å². The van der Waals surface area contributed by atoms with Crippen LogP contribution in [0.5, 0.6) is 5.75 Å². The van der Waals surface area contributed by atoms with Gasteiger partial charge in [0.2, 0.25) is 0 Å². The van der Waals surface area contributed by atoms with Gasteiger partial charge >= 0.3 is 0 Å². The molecule has 7 nitrogen and oxygen atoms in total. The number of carbonyl (C=O) groups is 1. The molecule has 1 saturated heterocycles. The molecule has 0 saturated carbocycles. The van der Waals surface area contributed by atoms with Gasteiger partial charge in [-0.15, -0.1) is 0 Å². The number of nitrogens with zero attached hydrogens (tertiary/aromatic N) is 3. The largest absolute Gasteiger partial charge is 0.487 e. The fourth-order valence-electron chi connectivity index (χ4n) is 3.32. The molecule has 36 heavy (non-hydrogen) atoms. The van der Waals surface area contributed by atoms with E-state index >= 15 is 0 Å². The van der Waals surface area contributed by atoms with Gasteiger partial charge in [-0.3, -0.25) is 19.8 Å². The molecule has 0 bridgehead atoms. The fraction of sp³-hybridized carbons (Fsp3) is 0.120. The van der Waals surface area contributed by atoms with Crippen molar-refractivity contribution in [2.45, 2.75) is 13.5 Å². The van der Waals surface area contributed by atoms with Crippen molar-refractivity contribution in [2.75, 3.05) is 6.54 Å². The molecule has 0 N–H and O–H groups in total. The van der Waals surface area contributed by atoms with Gasteiger partial charge in [0.05, 0.1) is 24.5 Å². The van der Waals surface area contributed by atoms with E-state index in [4.69, 9.17) is 4.74 Å². The maximum absolute atomic E-state index is 13.2. The zero-order valence-electron chi connectivity index (χ0n) is 18.8. The smallest absolute Gasteiger partial charge is 0.269 e. The van der Waals surface area contributed by atoms with Gasteiger partial charge in [0.1, 0.15) is 18.2 Å². The predicted octanol–water partition coefficient (Wildman–Crippen LogP) is 7.46. The van der Waals surface area contributed by atoms with E-state index in [1.807, 2.05) is 19.1 Å². The normalized spacial score (nSPS) is 15.7. The molecule has 0 spiro atoms. The van der Waals surface area contributed by atoms with Gasteiger partial charge in [0.15, 0.2) is 5.17 Å². The molecule has 1 fully saturated rings. The standard InChI is InChI=1S/C25H18Br2FN3O4S/c1-2-30-24(32)22(36-25(30)29-18-7-5-17(28)6-8-18)13-16-11-20(26)23(21(27)12-16)35-14-15-3-9-19(10-4-15)31(33)34/h3-13H,2,14H2,1H3/b22-13+,29-25?. The SMILES string of the molecule is CCN1C(=O)/C(=C\c2cc(Br)c(OCc3ccc([N+](=O)[O-])cc3)c(Br)c2)SC1=Nc1ccc(F)cc1. The lowest BCUT2D eigenvalue weighted by Crippen LogP contribution is -2.28. The number of non-ortho nitro benzene ring substituents is 1. The molecule has 0 unspecified atom stereocenters. The highest BCUT2D eigenvalue weighted by atomic mass is 79.9. The van der Waals surface area contributed by atoms with Crippen LogP contribution in [0, 0.1) is 15.9 Å². The minimum atomic E-state index is -0.449. The highest BCUT2D eigenvalue weighted by Crippen LogP contribution is 2.38. The maximum Gasteiger partial charge on any atom is 0.269 e. The first-order chi connectivity index (χ1) is 17.2. The van der Waals surface area contributed by atoms with Crippen molar-refractivity contribution in [1.82, 2.24) is 4.90 Å². The number of thioether (sulfide) groups is 1. The molecular formula is C25H18Br2FN3O4S. The third-order valence-electron chi connectivity index (χ3n) is 5.10. The molecule has 1 aliphatic rings. The zero-order valence-corrected chi connectivity index (χ0v) is 22.8. The van der Waals surface area contributed by atoms with Crippen LogP contribution in [0.4, 0.5) is 15.8 Å². The van der Waals surface area contributed by atoms with Crippen molar-refractivity contribution in [1.29, 1.82) is 0 Å². The molecule has 0 radical (unpaired) electrons. The lowest BCUT2D eigenvalue weighted by molar-refractivity contribution is -0.384. The molecule has 0 aliphatic carbocycles. The van der Waals surface area contributed by atoms with Crippen molar-refractivity contribution in [3.05, 3.63) is 102 Å². The second-order valence-corrected chi connectivity index (χ2v) is 10.3. The molecule has 0 aromatic heterocycles. The number of amides is 1. The molecule has 11 heteroatoms. The van der Waals surface area contributed by atoms with Crippen LogP contribution in [0.25, 0.3) is 6.08 Å². The van der Waals surface area contributed by atoms with Gasteiger partial charge in [0, 0.05) is 18.7 Å². The highest BCUT2D eigenvalue weighted by Gasteiger charge is 2.32. The number of hydrogen-bond donors (Lipinski definition) is 0. The third-order valence-corrected chi connectivity index (χ3v) is 7.29. The average molecular weight is 635 g/mol. The van der Waals surface area contributed by atoms with E-state index in [9.17, 15) is 19.3 Å². The molecule has 0 atom stereocenters. The summed E-state index contributed by atoms with van der Waals surface area (Å²) in [5.74, 6) is 0.0575. The monoisotopic (exact) mass is 633 g/mol. The quantitative estimate of drug-likeness (QED) is 0.153. The lowest BCUT2D eigenvalue weighted by Gasteiger charge is -2.12. The number of benzene rings is 3. The first-order valence-corrected chi connectivity index (χ1v) is 13.1. The minimum Gasteiger partial charge on any atom is -0.487 e. The first kappa shape index (κ1) is 26.1. The summed E-state index contributed by atoms with van der Waals surface area (Å²) < 4.78 is 20.5. The van der Waals surface area contributed by atoms with E-state index in [0.717, 1.165) is 11.1 Å². The summed E-state index contributed by atoms with van der Waals surface area (Å²) in [6.07, 6.45) is 1.78. The Kier molecular flexibility index (Phi) is 8.22. The number of amidine groups is 1. The zero-order chi connectivity index (χ0) is 25.8. The maximum atomic E-state index is 13.2. The van der Waals surface area contributed by atoms with Gasteiger partial charge in [0.25, 0.3) is 11.6 Å². The van der Waals surface area contributed by atoms with E-state index in [1.54, 1.807) is 35.2 Å². The Bertz CT molecular complexity index is 1360. The van der Waals surface area contributed by atoms with E-state index in [-0.39, 0.29) is 24.0 Å². The van der Waals surface area contributed by atoms with Crippen molar-refractivity contribution < 1.29 is 18.8 Å². The van der Waals surface area contributed by atoms with E-state index in [0.29, 0.717) is 37.0 Å². The third kappa shape index (κ3) is 6.03. The Hall–Kier alpha value is -3.02. The van der Waals surface area contributed by atoms with Gasteiger partial charge < -0.3 is 4.74 Å². The minimum absolute atomic E-state index is 0.0188. The molecular weight excluding hydrogens is 617 g/mol. The van der Waals surface area contributed by atoms with Crippen molar-refractivity contribution >= 4 is 72.1 Å². The van der Waals surface area contributed by atoms with Crippen LogP contribution in [-0.2, 0) is 11.4 Å². The Morgan fingerprint density at radius 1 is 1.11 bits per heavy atom. The number of aliphatic imine (C=N–C) groups is 1. The fourth-order valence-corrected chi connectivity index (χ4v) is 5.83. The molecule has 184 valence electrons. The summed E-state index contributed by atoms with van der Waals surface area (Å²) in [5.41, 5.74) is 2.13. The summed E-state index contributed by atoms with van der Waals surface area (Å²) in [4.78, 5) is 29.9. The number of likely N-dealkylation sites (N-methyl/N-ethyl adjacent to an activating group) is 1. The summed E-state index contributed by atoms with van der Waals surface area (Å²) in [7, 11) is 0. The van der Waals surface area contributed by atoms with Crippen LogP contribution >= 0.6 is 43.6 Å². The van der Waals surface area contributed by atoms with Crippen LogP contribution < -0.4 is 4.74 Å². The van der Waals surface area contributed by atoms with Crippen molar-refractivity contribution in [3.8, 4) is 5.75 Å². The number of nitro groups is 1. The number of halogens is 3. The molecule has 1 heterocycles. The summed E-state index contributed by atoms with van der Waals surface area (Å²) in [6, 6.07) is 15.6. The van der Waals surface area contributed by atoms with E-state index in [1.165, 1.54) is 36.0 Å². The number of hydrogen-bond acceptors (Lipinski definition) is 6. The molecule has 3 aromatic carbocycles. The topological polar surface area (TPSA) is 85.0 Å². The van der Waals surface area contributed by atoms with Gasteiger partial charge in [-0.2, -0.15) is 0 Å². The highest BCUT2D eigenvalue weighted by molar-refractivity contribution is 9.11. The van der Waals surface area contributed by atoms with Crippen LogP contribution in [0.2, 0.25) is 0 Å². The molecule has 1 amide bonds. The van der Waals surface area contributed by atoms with Crippen LogP contribution in [0.15, 0.2) is 79.5 Å². The first-order valence-electron chi connectivity index (χ1n) is 10.7. The van der Waals surface area contributed by atoms with Crippen molar-refractivity contribution in [3.63, 3.8) is 0 Å². The lowest BCUT2D eigenvalue weighted by atomic mass is 10.2. The Labute approximate surface area is 227 Å². The van der Waals surface area contributed by atoms with Gasteiger partial charge in [-0.1, -0.05) is 0 Å². The number of rotatable bonds is 7. The molecule has 4 rings (SSSR count). The average Bonchev–Trinajstić information content (AvgIpc) is 3.13. The molecule has 1 aliphatic heterocycles. The van der Waals surface area contributed by atoms with Crippen molar-refractivity contribution in [2.24, 2.45) is 4.99 Å². The van der Waals surface area contributed by atoms with Gasteiger partial charge in [-0.25, -0.2) is 9.38 Å². The number of ether oxygens (including phenoxy) is 1. The summed E-state index contributed by atoms with van der Waals surface area (Å²) >= 11 is 8.30. The summed E-state index contributed by atoms with van der Waals surface area (Å²) in [6.45, 7) is 2.54. The predicted molar refractivity (Wildman–Crippen MR) is 146 cm³/mol.